The largest absolute Gasteiger partial charge is 0.349 e. The molecule has 1 fully saturated rings. The average Bonchev–Trinajstić information content (AvgIpc) is 3.03. The number of nitrogens with one attached hydrogen (secondary N) is 1. The molecule has 0 radical (unpaired) electrons. The zero-order valence-electron chi connectivity index (χ0n) is 15.6. The summed E-state index contributed by atoms with van der Waals surface area (Å²) in [7, 11) is 1.68. The first-order valence-electron chi connectivity index (χ1n) is 9.35. The molecule has 0 aliphatic heterocycles. The molecule has 0 saturated heterocycles. The Morgan fingerprint density at radius 2 is 1.89 bits per heavy atom. The van der Waals surface area contributed by atoms with Crippen LogP contribution >= 0.6 is 11.3 Å². The Labute approximate surface area is 162 Å². The third-order valence-corrected chi connectivity index (χ3v) is 6.75. The van der Waals surface area contributed by atoms with Crippen LogP contribution in [0.2, 0.25) is 0 Å². The molecule has 1 aliphatic rings. The number of carbonyl (C=O) groups is 1. The summed E-state index contributed by atoms with van der Waals surface area (Å²) < 4.78 is 1.45. The van der Waals surface area contributed by atoms with Crippen LogP contribution < -0.4 is 10.9 Å². The predicted molar refractivity (Wildman–Crippen MR) is 109 cm³/mol. The van der Waals surface area contributed by atoms with Crippen LogP contribution in [0.1, 0.15) is 52.4 Å². The summed E-state index contributed by atoms with van der Waals surface area (Å²) in [5.41, 5.74) is 2.03. The molecule has 27 heavy (non-hydrogen) atoms. The van der Waals surface area contributed by atoms with E-state index < -0.39 is 0 Å². The number of amides is 1. The van der Waals surface area contributed by atoms with Crippen LogP contribution in [-0.2, 0) is 7.05 Å². The van der Waals surface area contributed by atoms with Gasteiger partial charge in [-0.25, -0.2) is 4.98 Å². The minimum absolute atomic E-state index is 0.0827. The van der Waals surface area contributed by atoms with Gasteiger partial charge in [-0.1, -0.05) is 30.3 Å². The van der Waals surface area contributed by atoms with E-state index in [1.165, 1.54) is 27.8 Å². The van der Waals surface area contributed by atoms with Crippen molar-refractivity contribution >= 4 is 27.5 Å². The maximum atomic E-state index is 12.8. The summed E-state index contributed by atoms with van der Waals surface area (Å²) in [6.07, 6.45) is 5.64. The van der Waals surface area contributed by atoms with Gasteiger partial charge in [-0.3, -0.25) is 9.59 Å². The molecule has 0 spiro atoms. The van der Waals surface area contributed by atoms with E-state index in [-0.39, 0.29) is 17.5 Å². The standard InChI is InChI=1S/C21H23N3O2S/c1-13-17-20(22-12-24(2)21(17)26)27-18(13)19(25)23-16-10-8-15(9-11-16)14-6-4-3-5-7-14/h3-7,12,15-16H,8-11H2,1-2H3,(H,23,25). The number of aryl methyl sites for hydroxylation is 2. The number of hydrogen-bond acceptors (Lipinski definition) is 4. The minimum atomic E-state index is -0.101. The van der Waals surface area contributed by atoms with Crippen molar-refractivity contribution < 1.29 is 4.79 Å². The molecule has 1 aromatic carbocycles. The Morgan fingerprint density at radius 1 is 1.19 bits per heavy atom. The van der Waals surface area contributed by atoms with Gasteiger partial charge in [-0.2, -0.15) is 0 Å². The number of rotatable bonds is 3. The van der Waals surface area contributed by atoms with Crippen molar-refractivity contribution in [2.75, 3.05) is 0 Å². The highest BCUT2D eigenvalue weighted by Crippen LogP contribution is 2.33. The number of fused-ring (bicyclic) bond motifs is 1. The fourth-order valence-electron chi connectivity index (χ4n) is 3.97. The van der Waals surface area contributed by atoms with Crippen LogP contribution in [-0.4, -0.2) is 21.5 Å². The maximum absolute atomic E-state index is 12.8. The zero-order valence-corrected chi connectivity index (χ0v) is 16.4. The summed E-state index contributed by atoms with van der Waals surface area (Å²) in [4.78, 5) is 30.7. The van der Waals surface area contributed by atoms with E-state index in [0.717, 1.165) is 31.2 Å². The van der Waals surface area contributed by atoms with Gasteiger partial charge in [0.05, 0.1) is 16.6 Å². The summed E-state index contributed by atoms with van der Waals surface area (Å²) in [5, 5.41) is 3.74. The Kier molecular flexibility index (Phi) is 4.83. The van der Waals surface area contributed by atoms with Crippen molar-refractivity contribution in [3.63, 3.8) is 0 Å². The molecular formula is C21H23N3O2S. The van der Waals surface area contributed by atoms with Crippen molar-refractivity contribution in [3.8, 4) is 0 Å². The van der Waals surface area contributed by atoms with E-state index in [4.69, 9.17) is 0 Å². The molecule has 5 nitrogen and oxygen atoms in total. The van der Waals surface area contributed by atoms with E-state index in [1.54, 1.807) is 7.05 Å². The number of aromatic nitrogens is 2. The number of thiophene rings is 1. The van der Waals surface area contributed by atoms with Gasteiger partial charge in [0.1, 0.15) is 4.83 Å². The molecule has 2 heterocycles. The number of hydrogen-bond donors (Lipinski definition) is 1. The van der Waals surface area contributed by atoms with Gasteiger partial charge in [-0.05, 0) is 49.7 Å². The van der Waals surface area contributed by atoms with Gasteiger partial charge in [0.2, 0.25) is 0 Å². The lowest BCUT2D eigenvalue weighted by Crippen LogP contribution is -2.37. The lowest BCUT2D eigenvalue weighted by atomic mass is 9.82. The summed E-state index contributed by atoms with van der Waals surface area (Å²) >= 11 is 1.30. The molecular weight excluding hydrogens is 358 g/mol. The first-order chi connectivity index (χ1) is 13.0. The lowest BCUT2D eigenvalue weighted by molar-refractivity contribution is 0.0929. The normalized spacial score (nSPS) is 19.9. The molecule has 1 aliphatic carbocycles. The predicted octanol–water partition coefficient (Wildman–Crippen LogP) is 3.76. The monoisotopic (exact) mass is 381 g/mol. The topological polar surface area (TPSA) is 64.0 Å². The van der Waals surface area contributed by atoms with Crippen LogP contribution in [0.3, 0.4) is 0 Å². The van der Waals surface area contributed by atoms with E-state index >= 15 is 0 Å². The lowest BCUT2D eigenvalue weighted by Gasteiger charge is -2.29. The Bertz CT molecular complexity index is 1030. The Balaban J connectivity index is 1.46. The van der Waals surface area contributed by atoms with Crippen LogP contribution in [0.25, 0.3) is 10.2 Å². The molecule has 6 heteroatoms. The highest BCUT2D eigenvalue weighted by Gasteiger charge is 2.25. The number of benzene rings is 1. The number of nitrogens with zero attached hydrogens (tertiary/aromatic N) is 2. The average molecular weight is 382 g/mol. The minimum Gasteiger partial charge on any atom is -0.349 e. The highest BCUT2D eigenvalue weighted by molar-refractivity contribution is 7.20. The van der Waals surface area contributed by atoms with Gasteiger partial charge >= 0.3 is 0 Å². The van der Waals surface area contributed by atoms with E-state index in [0.29, 0.717) is 21.0 Å². The molecule has 0 atom stereocenters. The molecule has 2 aromatic heterocycles. The zero-order chi connectivity index (χ0) is 19.0. The first-order valence-corrected chi connectivity index (χ1v) is 10.2. The van der Waals surface area contributed by atoms with Crippen molar-refractivity contribution in [2.45, 2.75) is 44.6 Å². The molecule has 1 saturated carbocycles. The molecule has 0 bridgehead atoms. The smallest absolute Gasteiger partial charge is 0.262 e. The van der Waals surface area contributed by atoms with Gasteiger partial charge in [-0.15, -0.1) is 11.3 Å². The fourth-order valence-corrected chi connectivity index (χ4v) is 5.02. The van der Waals surface area contributed by atoms with Crippen molar-refractivity contribution in [1.29, 1.82) is 0 Å². The Hall–Kier alpha value is -2.47. The quantitative estimate of drug-likeness (QED) is 0.751. The van der Waals surface area contributed by atoms with Gasteiger partial charge < -0.3 is 9.88 Å². The second-order valence-electron chi connectivity index (χ2n) is 7.33. The first kappa shape index (κ1) is 17.9. The van der Waals surface area contributed by atoms with Gasteiger partial charge in [0.25, 0.3) is 11.5 Å². The van der Waals surface area contributed by atoms with Crippen LogP contribution in [0.5, 0.6) is 0 Å². The molecule has 0 unspecified atom stereocenters. The Morgan fingerprint density at radius 3 is 2.59 bits per heavy atom. The third-order valence-electron chi connectivity index (χ3n) is 5.55. The van der Waals surface area contributed by atoms with Crippen LogP contribution in [0.15, 0.2) is 41.5 Å². The summed E-state index contributed by atoms with van der Waals surface area (Å²) in [6, 6.07) is 10.8. The summed E-state index contributed by atoms with van der Waals surface area (Å²) in [6.45, 7) is 1.84. The molecule has 140 valence electrons. The number of carbonyl (C=O) groups excluding carboxylic acids is 1. The van der Waals surface area contributed by atoms with Gasteiger partial charge in [0, 0.05) is 13.1 Å². The van der Waals surface area contributed by atoms with Crippen molar-refractivity contribution in [2.24, 2.45) is 7.05 Å². The molecule has 3 aromatic rings. The maximum Gasteiger partial charge on any atom is 0.262 e. The van der Waals surface area contributed by atoms with Crippen LogP contribution in [0, 0.1) is 6.92 Å². The van der Waals surface area contributed by atoms with E-state index in [2.05, 4.69) is 34.6 Å². The van der Waals surface area contributed by atoms with Crippen LogP contribution in [0.4, 0.5) is 0 Å². The SMILES string of the molecule is Cc1c(C(=O)NC2CCC(c3ccccc3)CC2)sc2ncn(C)c(=O)c12. The molecule has 1 N–H and O–H groups in total. The van der Waals surface area contributed by atoms with Gasteiger partial charge in [0.15, 0.2) is 0 Å². The highest BCUT2D eigenvalue weighted by atomic mass is 32.1. The van der Waals surface area contributed by atoms with Crippen molar-refractivity contribution in [3.05, 3.63) is 63.0 Å². The molecule has 1 amide bonds. The second-order valence-corrected chi connectivity index (χ2v) is 8.33. The molecule has 4 rings (SSSR count). The van der Waals surface area contributed by atoms with Crippen molar-refractivity contribution in [1.82, 2.24) is 14.9 Å². The fraction of sp³-hybridized carbons (Fsp3) is 0.381. The van der Waals surface area contributed by atoms with E-state index in [9.17, 15) is 9.59 Å². The summed E-state index contributed by atoms with van der Waals surface area (Å²) in [5.74, 6) is 0.498. The second kappa shape index (κ2) is 7.27. The van der Waals surface area contributed by atoms with E-state index in [1.807, 2.05) is 13.0 Å². The third kappa shape index (κ3) is 3.41.